The zero-order valence-electron chi connectivity index (χ0n) is 26.6. The van der Waals surface area contributed by atoms with Gasteiger partial charge in [-0.1, -0.05) is 65.7 Å². The SMILES string of the molecule is CNc1nc(OCc2ccccc2)c2c(N)nc(=O)n([C@H]3C[C@H](OC(=O)c4ccc(C)cc4)[C@@H](COC(=O)c4ccc(C)cc4)O3)c2n1. The topological polar surface area (TPSA) is 170 Å². The van der Waals surface area contributed by atoms with Gasteiger partial charge in [0.05, 0.1) is 11.1 Å². The van der Waals surface area contributed by atoms with E-state index >= 15 is 0 Å². The van der Waals surface area contributed by atoms with E-state index in [1.165, 1.54) is 4.57 Å². The maximum atomic E-state index is 13.5. The van der Waals surface area contributed by atoms with Crippen LogP contribution in [0.5, 0.6) is 5.88 Å². The number of carbonyl (C=O) groups is 2. The first-order valence-electron chi connectivity index (χ1n) is 15.3. The molecule has 0 spiro atoms. The van der Waals surface area contributed by atoms with E-state index < -0.39 is 36.1 Å². The number of nitrogens with zero attached hydrogens (tertiary/aromatic N) is 4. The summed E-state index contributed by atoms with van der Waals surface area (Å²) in [6.45, 7) is 3.73. The summed E-state index contributed by atoms with van der Waals surface area (Å²) in [6.07, 6.45) is -2.86. The molecule has 6 rings (SSSR count). The molecule has 0 aliphatic carbocycles. The lowest BCUT2D eigenvalue weighted by atomic mass is 10.1. The van der Waals surface area contributed by atoms with Crippen molar-refractivity contribution in [2.24, 2.45) is 0 Å². The van der Waals surface area contributed by atoms with Crippen LogP contribution >= 0.6 is 0 Å². The first kappa shape index (κ1) is 32.1. The molecule has 2 aromatic heterocycles. The van der Waals surface area contributed by atoms with Gasteiger partial charge in [-0.05, 0) is 43.7 Å². The number of carbonyl (C=O) groups excluding carboxylic acids is 2. The summed E-state index contributed by atoms with van der Waals surface area (Å²) < 4.78 is 25.1. The van der Waals surface area contributed by atoms with Crippen molar-refractivity contribution in [3.63, 3.8) is 0 Å². The molecule has 0 unspecified atom stereocenters. The third kappa shape index (κ3) is 6.95. The number of aromatic nitrogens is 4. The average molecular weight is 651 g/mol. The maximum absolute atomic E-state index is 13.5. The predicted octanol–water partition coefficient (Wildman–Crippen LogP) is 4.38. The zero-order chi connectivity index (χ0) is 33.8. The Labute approximate surface area is 275 Å². The lowest BCUT2D eigenvalue weighted by Gasteiger charge is -2.19. The molecule has 0 saturated carbocycles. The van der Waals surface area contributed by atoms with Gasteiger partial charge in [0, 0.05) is 13.5 Å². The van der Waals surface area contributed by atoms with Crippen molar-refractivity contribution in [3.8, 4) is 5.88 Å². The van der Waals surface area contributed by atoms with E-state index in [2.05, 4.69) is 20.3 Å². The Morgan fingerprint density at radius 3 is 2.21 bits per heavy atom. The molecule has 1 fully saturated rings. The normalized spacial score (nSPS) is 17.2. The molecule has 3 N–H and O–H groups in total. The minimum absolute atomic E-state index is 0.0179. The van der Waals surface area contributed by atoms with Crippen LogP contribution < -0.4 is 21.5 Å². The Morgan fingerprint density at radius 2 is 1.56 bits per heavy atom. The molecule has 13 nitrogen and oxygen atoms in total. The number of ether oxygens (including phenoxy) is 4. The number of anilines is 2. The molecule has 3 aromatic carbocycles. The van der Waals surface area contributed by atoms with Crippen LogP contribution in [0.1, 0.15) is 50.1 Å². The summed E-state index contributed by atoms with van der Waals surface area (Å²) in [4.78, 5) is 52.6. The van der Waals surface area contributed by atoms with E-state index in [9.17, 15) is 14.4 Å². The van der Waals surface area contributed by atoms with Crippen molar-refractivity contribution in [2.75, 3.05) is 24.7 Å². The second-order valence-electron chi connectivity index (χ2n) is 11.4. The number of nitrogens with two attached hydrogens (primary N) is 1. The standard InChI is InChI=1S/C35H34N6O7/c1-20-9-13-23(14-10-20)32(42)46-19-26-25(48-33(43)24-15-11-21(2)12-16-24)17-27(47-26)41-30-28(29(36)38-35(41)44)31(40-34(37-3)39-30)45-18-22-7-5-4-6-8-22/h4-16,25-27H,17-19H2,1-3H3,(H2,36,38,44)(H,37,39,40)/t25-,26+,27+/m0/s1. The van der Waals surface area contributed by atoms with Gasteiger partial charge in [0.25, 0.3) is 0 Å². The van der Waals surface area contributed by atoms with Crippen LogP contribution in [0.15, 0.2) is 83.7 Å². The van der Waals surface area contributed by atoms with E-state index in [1.807, 2.05) is 44.2 Å². The molecule has 246 valence electrons. The molecule has 3 heterocycles. The smallest absolute Gasteiger partial charge is 0.353 e. The van der Waals surface area contributed by atoms with Gasteiger partial charge in [-0.2, -0.15) is 15.0 Å². The number of aryl methyl sites for hydroxylation is 2. The molecule has 1 saturated heterocycles. The number of nitrogen functional groups attached to an aromatic ring is 1. The van der Waals surface area contributed by atoms with Gasteiger partial charge >= 0.3 is 17.6 Å². The predicted molar refractivity (Wildman–Crippen MR) is 177 cm³/mol. The third-order valence-electron chi connectivity index (χ3n) is 7.89. The second kappa shape index (κ2) is 13.9. The number of hydrogen-bond donors (Lipinski definition) is 2. The minimum atomic E-state index is -1.03. The van der Waals surface area contributed by atoms with Gasteiger partial charge in [0.1, 0.15) is 42.9 Å². The molecule has 13 heteroatoms. The summed E-state index contributed by atoms with van der Waals surface area (Å²) in [6, 6.07) is 23.3. The second-order valence-corrected chi connectivity index (χ2v) is 11.4. The van der Waals surface area contributed by atoms with Crippen LogP contribution in [0.3, 0.4) is 0 Å². The first-order chi connectivity index (χ1) is 23.2. The Balaban J connectivity index is 1.33. The number of nitrogens with one attached hydrogen (secondary N) is 1. The van der Waals surface area contributed by atoms with Crippen molar-refractivity contribution >= 4 is 34.7 Å². The van der Waals surface area contributed by atoms with Crippen molar-refractivity contribution < 1.29 is 28.5 Å². The summed E-state index contributed by atoms with van der Waals surface area (Å²) in [5, 5.41) is 3.09. The van der Waals surface area contributed by atoms with E-state index in [0.717, 1.165) is 16.7 Å². The summed E-state index contributed by atoms with van der Waals surface area (Å²) in [7, 11) is 1.63. The molecule has 5 aromatic rings. The summed E-state index contributed by atoms with van der Waals surface area (Å²) in [5.41, 5.74) is 9.15. The summed E-state index contributed by atoms with van der Waals surface area (Å²) >= 11 is 0. The van der Waals surface area contributed by atoms with Crippen molar-refractivity contribution in [3.05, 3.63) is 117 Å². The number of hydrogen-bond acceptors (Lipinski definition) is 12. The maximum Gasteiger partial charge on any atom is 0.353 e. The molecule has 1 aliphatic rings. The van der Waals surface area contributed by atoms with E-state index in [4.69, 9.17) is 24.7 Å². The van der Waals surface area contributed by atoms with Crippen LogP contribution in [0.25, 0.3) is 11.0 Å². The Morgan fingerprint density at radius 1 is 0.917 bits per heavy atom. The van der Waals surface area contributed by atoms with E-state index in [-0.39, 0.29) is 48.3 Å². The number of benzene rings is 3. The summed E-state index contributed by atoms with van der Waals surface area (Å²) in [5.74, 6) is -1.03. The molecule has 0 bridgehead atoms. The molecular formula is C35H34N6O7. The average Bonchev–Trinajstić information content (AvgIpc) is 3.48. The van der Waals surface area contributed by atoms with Gasteiger partial charge < -0.3 is 30.0 Å². The molecule has 0 radical (unpaired) electrons. The Bertz CT molecular complexity index is 2000. The molecule has 0 amide bonds. The third-order valence-corrected chi connectivity index (χ3v) is 7.89. The fourth-order valence-electron chi connectivity index (χ4n) is 5.29. The van der Waals surface area contributed by atoms with Gasteiger partial charge in [-0.3, -0.25) is 0 Å². The fourth-order valence-corrected chi connectivity index (χ4v) is 5.29. The molecule has 48 heavy (non-hydrogen) atoms. The number of esters is 2. The number of rotatable bonds is 10. The lowest BCUT2D eigenvalue weighted by Crippen LogP contribution is -2.32. The largest absolute Gasteiger partial charge is 0.472 e. The highest BCUT2D eigenvalue weighted by Gasteiger charge is 2.41. The zero-order valence-corrected chi connectivity index (χ0v) is 26.6. The molecular weight excluding hydrogens is 616 g/mol. The van der Waals surface area contributed by atoms with Crippen LogP contribution in [-0.4, -0.2) is 57.3 Å². The Kier molecular flexibility index (Phi) is 9.30. The molecule has 1 aliphatic heterocycles. The highest BCUT2D eigenvalue weighted by molar-refractivity contribution is 5.91. The number of fused-ring (bicyclic) bond motifs is 1. The van der Waals surface area contributed by atoms with Crippen molar-refractivity contribution in [1.82, 2.24) is 19.5 Å². The van der Waals surface area contributed by atoms with Gasteiger partial charge in [-0.25, -0.2) is 19.0 Å². The first-order valence-corrected chi connectivity index (χ1v) is 15.3. The van der Waals surface area contributed by atoms with Gasteiger partial charge in [0.2, 0.25) is 11.8 Å². The van der Waals surface area contributed by atoms with Crippen LogP contribution in [-0.2, 0) is 20.8 Å². The molecule has 3 atom stereocenters. The van der Waals surface area contributed by atoms with E-state index in [1.54, 1.807) is 55.6 Å². The Hall–Kier alpha value is -5.82. The van der Waals surface area contributed by atoms with Gasteiger partial charge in [0.15, 0.2) is 5.65 Å². The van der Waals surface area contributed by atoms with Crippen LogP contribution in [0, 0.1) is 13.8 Å². The van der Waals surface area contributed by atoms with Crippen LogP contribution in [0.2, 0.25) is 0 Å². The van der Waals surface area contributed by atoms with Crippen LogP contribution in [0.4, 0.5) is 11.8 Å². The highest BCUT2D eigenvalue weighted by Crippen LogP contribution is 2.35. The minimum Gasteiger partial charge on any atom is -0.472 e. The lowest BCUT2D eigenvalue weighted by molar-refractivity contribution is -0.0572. The van der Waals surface area contributed by atoms with Crippen molar-refractivity contribution in [1.29, 1.82) is 0 Å². The van der Waals surface area contributed by atoms with E-state index in [0.29, 0.717) is 11.1 Å². The highest BCUT2D eigenvalue weighted by atomic mass is 16.6. The quantitative estimate of drug-likeness (QED) is 0.205. The monoisotopic (exact) mass is 650 g/mol. The fraction of sp³-hybridized carbons (Fsp3) is 0.257. The van der Waals surface area contributed by atoms with Crippen molar-refractivity contribution in [2.45, 2.75) is 45.3 Å². The van der Waals surface area contributed by atoms with Gasteiger partial charge in [-0.15, -0.1) is 0 Å².